The van der Waals surface area contributed by atoms with Gasteiger partial charge in [-0.2, -0.15) is 0 Å². The predicted molar refractivity (Wildman–Crippen MR) is 66.0 cm³/mol. The van der Waals surface area contributed by atoms with E-state index in [-0.39, 0.29) is 6.04 Å². The highest BCUT2D eigenvalue weighted by molar-refractivity contribution is 7.09. The number of thiazole rings is 1. The van der Waals surface area contributed by atoms with Crippen molar-refractivity contribution >= 4 is 11.3 Å². The van der Waals surface area contributed by atoms with Crippen LogP contribution in [0.1, 0.15) is 16.6 Å². The molecular formula is C12H14N2OS. The van der Waals surface area contributed by atoms with Gasteiger partial charge in [0.15, 0.2) is 0 Å². The standard InChI is InChI=1S/C12H14N2OS/c1-13-11(12-14-6-7-16-12)9-4-3-5-10(8-9)15-2/h3-8,11,13H,1-2H3. The molecule has 0 spiro atoms. The summed E-state index contributed by atoms with van der Waals surface area (Å²) in [5, 5.41) is 6.32. The van der Waals surface area contributed by atoms with Gasteiger partial charge in [0, 0.05) is 11.6 Å². The van der Waals surface area contributed by atoms with Gasteiger partial charge in [-0.25, -0.2) is 4.98 Å². The Kier molecular flexibility index (Phi) is 3.54. The Balaban J connectivity index is 2.33. The Bertz CT molecular complexity index is 442. The van der Waals surface area contributed by atoms with Gasteiger partial charge in [-0.05, 0) is 24.7 Å². The minimum absolute atomic E-state index is 0.134. The predicted octanol–water partition coefficient (Wildman–Crippen LogP) is 2.46. The highest BCUT2D eigenvalue weighted by atomic mass is 32.1. The van der Waals surface area contributed by atoms with Crippen LogP contribution in [0.4, 0.5) is 0 Å². The number of methoxy groups -OCH3 is 1. The van der Waals surface area contributed by atoms with Crippen molar-refractivity contribution in [1.82, 2.24) is 10.3 Å². The van der Waals surface area contributed by atoms with Crippen LogP contribution in [0.3, 0.4) is 0 Å². The Morgan fingerprint density at radius 3 is 2.94 bits per heavy atom. The van der Waals surface area contributed by atoms with Crippen molar-refractivity contribution in [2.75, 3.05) is 14.2 Å². The summed E-state index contributed by atoms with van der Waals surface area (Å²) in [5.74, 6) is 0.870. The van der Waals surface area contributed by atoms with Crippen LogP contribution < -0.4 is 10.1 Å². The molecule has 0 bridgehead atoms. The normalized spacial score (nSPS) is 12.4. The average molecular weight is 234 g/mol. The number of ether oxygens (including phenoxy) is 1. The van der Waals surface area contributed by atoms with Gasteiger partial charge in [-0.3, -0.25) is 0 Å². The average Bonchev–Trinajstić information content (AvgIpc) is 2.84. The van der Waals surface area contributed by atoms with Crippen molar-refractivity contribution in [2.45, 2.75) is 6.04 Å². The topological polar surface area (TPSA) is 34.1 Å². The van der Waals surface area contributed by atoms with Crippen LogP contribution in [0.2, 0.25) is 0 Å². The molecule has 1 aromatic heterocycles. The molecule has 0 amide bonds. The lowest BCUT2D eigenvalue weighted by Crippen LogP contribution is -2.17. The van der Waals surface area contributed by atoms with E-state index < -0.39 is 0 Å². The summed E-state index contributed by atoms with van der Waals surface area (Å²) in [6.45, 7) is 0. The van der Waals surface area contributed by atoms with E-state index in [4.69, 9.17) is 4.74 Å². The van der Waals surface area contributed by atoms with E-state index in [1.807, 2.05) is 36.8 Å². The molecule has 4 heteroatoms. The lowest BCUT2D eigenvalue weighted by Gasteiger charge is -2.14. The summed E-state index contributed by atoms with van der Waals surface area (Å²) in [7, 11) is 3.61. The molecule has 3 nitrogen and oxygen atoms in total. The van der Waals surface area contributed by atoms with Crippen molar-refractivity contribution < 1.29 is 4.74 Å². The van der Waals surface area contributed by atoms with Gasteiger partial charge in [0.05, 0.1) is 13.2 Å². The molecule has 0 fully saturated rings. The number of hydrogen-bond donors (Lipinski definition) is 1. The monoisotopic (exact) mass is 234 g/mol. The van der Waals surface area contributed by atoms with E-state index in [0.717, 1.165) is 16.3 Å². The maximum absolute atomic E-state index is 5.22. The van der Waals surface area contributed by atoms with Crippen molar-refractivity contribution in [1.29, 1.82) is 0 Å². The van der Waals surface area contributed by atoms with Gasteiger partial charge in [-0.15, -0.1) is 11.3 Å². The molecular weight excluding hydrogens is 220 g/mol. The second-order valence-electron chi connectivity index (χ2n) is 3.37. The van der Waals surface area contributed by atoms with E-state index in [1.165, 1.54) is 0 Å². The molecule has 0 aliphatic rings. The third-order valence-corrected chi connectivity index (χ3v) is 3.25. The van der Waals surface area contributed by atoms with Crippen molar-refractivity contribution in [3.63, 3.8) is 0 Å². The number of nitrogens with zero attached hydrogens (tertiary/aromatic N) is 1. The van der Waals surface area contributed by atoms with Crippen molar-refractivity contribution in [3.8, 4) is 5.75 Å². The minimum Gasteiger partial charge on any atom is -0.497 e. The number of nitrogens with one attached hydrogen (secondary N) is 1. The van der Waals surface area contributed by atoms with Crippen LogP contribution >= 0.6 is 11.3 Å². The van der Waals surface area contributed by atoms with Crippen LogP contribution in [-0.2, 0) is 0 Å². The molecule has 1 unspecified atom stereocenters. The van der Waals surface area contributed by atoms with Crippen LogP contribution in [0.25, 0.3) is 0 Å². The highest BCUT2D eigenvalue weighted by Crippen LogP contribution is 2.25. The first-order valence-electron chi connectivity index (χ1n) is 5.05. The summed E-state index contributed by atoms with van der Waals surface area (Å²) < 4.78 is 5.22. The molecule has 0 radical (unpaired) electrons. The highest BCUT2D eigenvalue weighted by Gasteiger charge is 2.14. The maximum Gasteiger partial charge on any atom is 0.119 e. The Hall–Kier alpha value is -1.39. The van der Waals surface area contributed by atoms with Gasteiger partial charge in [0.25, 0.3) is 0 Å². The summed E-state index contributed by atoms with van der Waals surface area (Å²) >= 11 is 1.65. The van der Waals surface area contributed by atoms with E-state index in [2.05, 4.69) is 16.4 Å². The van der Waals surface area contributed by atoms with E-state index in [1.54, 1.807) is 18.4 Å². The Morgan fingerprint density at radius 1 is 1.44 bits per heavy atom. The fourth-order valence-corrected chi connectivity index (χ4v) is 2.40. The summed E-state index contributed by atoms with van der Waals surface area (Å²) in [6, 6.07) is 8.17. The molecule has 2 rings (SSSR count). The van der Waals surface area contributed by atoms with E-state index >= 15 is 0 Å². The number of hydrogen-bond acceptors (Lipinski definition) is 4. The van der Waals surface area contributed by atoms with E-state index in [0.29, 0.717) is 0 Å². The maximum atomic E-state index is 5.22. The van der Waals surface area contributed by atoms with Gasteiger partial charge < -0.3 is 10.1 Å². The van der Waals surface area contributed by atoms with E-state index in [9.17, 15) is 0 Å². The number of aromatic nitrogens is 1. The SMILES string of the molecule is CNC(c1cccc(OC)c1)c1nccs1. The summed E-state index contributed by atoms with van der Waals surface area (Å²) in [5.41, 5.74) is 1.16. The van der Waals surface area contributed by atoms with Crippen LogP contribution in [0, 0.1) is 0 Å². The van der Waals surface area contributed by atoms with Gasteiger partial charge in [0.2, 0.25) is 0 Å². The zero-order chi connectivity index (χ0) is 11.4. The third-order valence-electron chi connectivity index (χ3n) is 2.41. The van der Waals surface area contributed by atoms with Gasteiger partial charge in [-0.1, -0.05) is 12.1 Å². The summed E-state index contributed by atoms with van der Waals surface area (Å²) in [4.78, 5) is 4.33. The van der Waals surface area contributed by atoms with Gasteiger partial charge in [0.1, 0.15) is 10.8 Å². The molecule has 1 N–H and O–H groups in total. The number of rotatable bonds is 4. The molecule has 0 saturated heterocycles. The third kappa shape index (κ3) is 2.23. The fraction of sp³-hybridized carbons (Fsp3) is 0.250. The second-order valence-corrected chi connectivity index (χ2v) is 4.29. The first-order valence-corrected chi connectivity index (χ1v) is 5.93. The molecule has 16 heavy (non-hydrogen) atoms. The Labute approximate surface area is 99.1 Å². The molecule has 1 aromatic carbocycles. The van der Waals surface area contributed by atoms with Crippen LogP contribution in [0.5, 0.6) is 5.75 Å². The van der Waals surface area contributed by atoms with Gasteiger partial charge >= 0.3 is 0 Å². The van der Waals surface area contributed by atoms with Crippen molar-refractivity contribution in [3.05, 3.63) is 46.4 Å². The second kappa shape index (κ2) is 5.09. The van der Waals surface area contributed by atoms with Crippen molar-refractivity contribution in [2.24, 2.45) is 0 Å². The quantitative estimate of drug-likeness (QED) is 0.882. The smallest absolute Gasteiger partial charge is 0.119 e. The Morgan fingerprint density at radius 2 is 2.31 bits per heavy atom. The minimum atomic E-state index is 0.134. The van der Waals surface area contributed by atoms with Crippen LogP contribution in [0.15, 0.2) is 35.8 Å². The lowest BCUT2D eigenvalue weighted by atomic mass is 10.1. The first-order chi connectivity index (χ1) is 7.85. The fourth-order valence-electron chi connectivity index (χ4n) is 1.63. The molecule has 84 valence electrons. The molecule has 1 atom stereocenters. The molecule has 0 aliphatic carbocycles. The number of benzene rings is 1. The summed E-state index contributed by atoms with van der Waals surface area (Å²) in [6.07, 6.45) is 1.82. The molecule has 0 aliphatic heterocycles. The lowest BCUT2D eigenvalue weighted by molar-refractivity contribution is 0.414. The zero-order valence-electron chi connectivity index (χ0n) is 9.31. The van der Waals surface area contributed by atoms with Crippen LogP contribution in [-0.4, -0.2) is 19.1 Å². The molecule has 2 aromatic rings. The molecule has 1 heterocycles. The molecule has 0 saturated carbocycles. The zero-order valence-corrected chi connectivity index (χ0v) is 10.1. The first kappa shape index (κ1) is 11.1. The largest absolute Gasteiger partial charge is 0.497 e.